The quantitative estimate of drug-likeness (QED) is 0.402. The van der Waals surface area contributed by atoms with Gasteiger partial charge in [-0.2, -0.15) is 0 Å². The Morgan fingerprint density at radius 2 is 1.47 bits per heavy atom. The van der Waals surface area contributed by atoms with Crippen molar-refractivity contribution in [2.24, 2.45) is 5.41 Å². The maximum atomic E-state index is 13.2. The molecule has 1 atom stereocenters. The molecule has 8 nitrogen and oxygen atoms in total. The fourth-order valence-corrected chi connectivity index (χ4v) is 4.46. The number of nitrogens with one attached hydrogen (secondary N) is 2. The maximum Gasteiger partial charge on any atom is 0.305 e. The van der Waals surface area contributed by atoms with Gasteiger partial charge in [-0.25, -0.2) is 0 Å². The highest BCUT2D eigenvalue weighted by Gasteiger charge is 2.44. The minimum Gasteiger partial charge on any atom is -0.481 e. The second-order valence-corrected chi connectivity index (χ2v) is 8.79. The molecule has 0 radical (unpaired) electrons. The summed E-state index contributed by atoms with van der Waals surface area (Å²) in [5, 5.41) is 23.5. The fraction of sp³-hybridized carbons (Fsp3) is 0.385. The molecule has 2 aromatic rings. The molecule has 4 N–H and O–H groups in total. The zero-order chi connectivity index (χ0) is 24.6. The SMILES string of the molecule is O=C(O)CCNC(=O)[C@H](Cc1ccc(-c2ccccc2)cc1)NC(=O)C1(CC(=O)O)CCCC1. The molecule has 2 aromatic carbocycles. The zero-order valence-electron chi connectivity index (χ0n) is 19.0. The summed E-state index contributed by atoms with van der Waals surface area (Å²) >= 11 is 0. The first-order chi connectivity index (χ1) is 16.3. The van der Waals surface area contributed by atoms with Crippen LogP contribution in [0.25, 0.3) is 11.1 Å². The van der Waals surface area contributed by atoms with Gasteiger partial charge in [-0.15, -0.1) is 0 Å². The Kier molecular flexibility index (Phi) is 8.40. The predicted octanol–water partition coefficient (Wildman–Crippen LogP) is 3.01. The third-order valence-electron chi connectivity index (χ3n) is 6.29. The van der Waals surface area contributed by atoms with Crippen molar-refractivity contribution < 1.29 is 29.4 Å². The van der Waals surface area contributed by atoms with Crippen LogP contribution in [-0.2, 0) is 25.6 Å². The second kappa shape index (κ2) is 11.4. The Balaban J connectivity index is 1.76. The lowest BCUT2D eigenvalue weighted by molar-refractivity contribution is -0.146. The Hall–Kier alpha value is -3.68. The van der Waals surface area contributed by atoms with Crippen molar-refractivity contribution in [1.29, 1.82) is 0 Å². The highest BCUT2D eigenvalue weighted by atomic mass is 16.4. The predicted molar refractivity (Wildman–Crippen MR) is 126 cm³/mol. The molecule has 1 fully saturated rings. The Labute approximate surface area is 198 Å². The molecule has 34 heavy (non-hydrogen) atoms. The summed E-state index contributed by atoms with van der Waals surface area (Å²) in [6.45, 7) is -0.0618. The van der Waals surface area contributed by atoms with E-state index in [9.17, 15) is 24.3 Å². The van der Waals surface area contributed by atoms with E-state index in [0.29, 0.717) is 12.8 Å². The summed E-state index contributed by atoms with van der Waals surface area (Å²) in [6.07, 6.45) is 2.13. The van der Waals surface area contributed by atoms with Gasteiger partial charge < -0.3 is 20.8 Å². The summed E-state index contributed by atoms with van der Waals surface area (Å²) in [6, 6.07) is 16.5. The Bertz CT molecular complexity index is 1010. The number of benzene rings is 2. The van der Waals surface area contributed by atoms with Gasteiger partial charge in [-0.05, 0) is 29.5 Å². The van der Waals surface area contributed by atoms with E-state index >= 15 is 0 Å². The highest BCUT2D eigenvalue weighted by Crippen LogP contribution is 2.41. The van der Waals surface area contributed by atoms with Crippen LogP contribution in [-0.4, -0.2) is 46.6 Å². The van der Waals surface area contributed by atoms with Gasteiger partial charge in [0.25, 0.3) is 0 Å². The summed E-state index contributed by atoms with van der Waals surface area (Å²) in [4.78, 5) is 48.3. The number of aliphatic carboxylic acids is 2. The molecule has 0 saturated heterocycles. The van der Waals surface area contributed by atoms with Crippen molar-refractivity contribution in [3.05, 3.63) is 60.2 Å². The van der Waals surface area contributed by atoms with Crippen LogP contribution < -0.4 is 10.6 Å². The number of carbonyl (C=O) groups excluding carboxylic acids is 2. The smallest absolute Gasteiger partial charge is 0.305 e. The number of carbonyl (C=O) groups is 4. The minimum atomic E-state index is -1.05. The van der Waals surface area contributed by atoms with E-state index in [1.165, 1.54) is 0 Å². The van der Waals surface area contributed by atoms with E-state index in [1.54, 1.807) is 0 Å². The van der Waals surface area contributed by atoms with E-state index < -0.39 is 35.2 Å². The lowest BCUT2D eigenvalue weighted by Crippen LogP contribution is -2.52. The molecule has 3 rings (SSSR count). The highest BCUT2D eigenvalue weighted by molar-refractivity contribution is 5.92. The van der Waals surface area contributed by atoms with E-state index in [4.69, 9.17) is 5.11 Å². The van der Waals surface area contributed by atoms with E-state index in [1.807, 2.05) is 54.6 Å². The average Bonchev–Trinajstić information content (AvgIpc) is 3.28. The van der Waals surface area contributed by atoms with Gasteiger partial charge in [0.15, 0.2) is 0 Å². The molecule has 8 heteroatoms. The minimum absolute atomic E-state index is 0.0618. The van der Waals surface area contributed by atoms with Crippen molar-refractivity contribution in [1.82, 2.24) is 10.6 Å². The molecule has 0 heterocycles. The molecule has 1 aliphatic carbocycles. The zero-order valence-corrected chi connectivity index (χ0v) is 19.0. The van der Waals surface area contributed by atoms with Crippen LogP contribution in [0, 0.1) is 5.41 Å². The van der Waals surface area contributed by atoms with Gasteiger partial charge in [-0.3, -0.25) is 19.2 Å². The number of rotatable bonds is 11. The van der Waals surface area contributed by atoms with Crippen LogP contribution in [0.2, 0.25) is 0 Å². The first kappa shape index (κ1) is 25.0. The monoisotopic (exact) mass is 466 g/mol. The summed E-state index contributed by atoms with van der Waals surface area (Å²) in [5.74, 6) is -3.02. The Morgan fingerprint density at radius 3 is 2.06 bits per heavy atom. The van der Waals surface area contributed by atoms with Gasteiger partial charge in [0, 0.05) is 13.0 Å². The number of amides is 2. The summed E-state index contributed by atoms with van der Waals surface area (Å²) in [7, 11) is 0. The molecular formula is C26H30N2O6. The number of hydrogen-bond acceptors (Lipinski definition) is 4. The summed E-state index contributed by atoms with van der Waals surface area (Å²) < 4.78 is 0. The summed E-state index contributed by atoms with van der Waals surface area (Å²) in [5.41, 5.74) is 1.87. The van der Waals surface area contributed by atoms with Gasteiger partial charge in [-0.1, -0.05) is 67.4 Å². The molecule has 0 bridgehead atoms. The normalized spacial score (nSPS) is 15.3. The van der Waals surface area contributed by atoms with Crippen LogP contribution in [0.4, 0.5) is 0 Å². The fourth-order valence-electron chi connectivity index (χ4n) is 4.46. The molecular weight excluding hydrogens is 436 g/mol. The van der Waals surface area contributed by atoms with Crippen LogP contribution in [0.5, 0.6) is 0 Å². The first-order valence-corrected chi connectivity index (χ1v) is 11.5. The molecule has 0 spiro atoms. The first-order valence-electron chi connectivity index (χ1n) is 11.5. The molecule has 2 amide bonds. The molecule has 0 aromatic heterocycles. The van der Waals surface area contributed by atoms with Crippen molar-refractivity contribution in [3.8, 4) is 11.1 Å². The largest absolute Gasteiger partial charge is 0.481 e. The van der Waals surface area contributed by atoms with Crippen molar-refractivity contribution in [2.75, 3.05) is 6.54 Å². The molecule has 0 aliphatic heterocycles. The second-order valence-electron chi connectivity index (χ2n) is 8.79. The number of carboxylic acid groups (broad SMARTS) is 2. The lowest BCUT2D eigenvalue weighted by Gasteiger charge is -2.29. The standard InChI is InChI=1S/C26H30N2O6/c29-22(30)12-15-27-24(33)21(28-25(34)26(17-23(31)32)13-4-5-14-26)16-18-8-10-20(11-9-18)19-6-2-1-3-7-19/h1-3,6-11,21H,4-5,12-17H2,(H,27,33)(H,28,34)(H,29,30)(H,31,32)/t21-/m0/s1. The van der Waals surface area contributed by atoms with Crippen molar-refractivity contribution >= 4 is 23.8 Å². The van der Waals surface area contributed by atoms with Crippen LogP contribution in [0.3, 0.4) is 0 Å². The number of carboxylic acids is 2. The van der Waals surface area contributed by atoms with E-state index in [-0.39, 0.29) is 25.8 Å². The third kappa shape index (κ3) is 6.66. The molecule has 0 unspecified atom stereocenters. The number of hydrogen-bond donors (Lipinski definition) is 4. The van der Waals surface area contributed by atoms with Crippen LogP contribution in [0.1, 0.15) is 44.1 Å². The van der Waals surface area contributed by atoms with Crippen molar-refractivity contribution in [3.63, 3.8) is 0 Å². The van der Waals surface area contributed by atoms with Gasteiger partial charge in [0.1, 0.15) is 6.04 Å². The molecule has 1 aliphatic rings. The van der Waals surface area contributed by atoms with Crippen LogP contribution in [0.15, 0.2) is 54.6 Å². The third-order valence-corrected chi connectivity index (χ3v) is 6.29. The molecule has 180 valence electrons. The lowest BCUT2D eigenvalue weighted by atomic mass is 9.81. The van der Waals surface area contributed by atoms with Gasteiger partial charge in [0.2, 0.25) is 11.8 Å². The average molecular weight is 467 g/mol. The van der Waals surface area contributed by atoms with Crippen LogP contribution >= 0.6 is 0 Å². The van der Waals surface area contributed by atoms with E-state index in [0.717, 1.165) is 29.5 Å². The van der Waals surface area contributed by atoms with Gasteiger partial charge in [0.05, 0.1) is 18.3 Å². The Morgan fingerprint density at radius 1 is 0.853 bits per heavy atom. The topological polar surface area (TPSA) is 133 Å². The maximum absolute atomic E-state index is 13.2. The van der Waals surface area contributed by atoms with E-state index in [2.05, 4.69) is 10.6 Å². The van der Waals surface area contributed by atoms with Gasteiger partial charge >= 0.3 is 11.9 Å². The molecule has 1 saturated carbocycles. The van der Waals surface area contributed by atoms with Crippen molar-refractivity contribution in [2.45, 2.75) is 51.0 Å².